The number of hydrogen-bond donors (Lipinski definition) is 6. The number of benzene rings is 4. The molecule has 3 heterocycles. The van der Waals surface area contributed by atoms with Gasteiger partial charge in [0, 0.05) is 74.6 Å². The van der Waals surface area contributed by atoms with E-state index in [-0.39, 0.29) is 62.5 Å². The molecule has 2 saturated carbocycles. The first-order valence-corrected chi connectivity index (χ1v) is 23.0. The molecule has 5 amide bonds. The quantitative estimate of drug-likeness (QED) is 0.0640. The molecular formula is C46H37F2N9O7S3. The normalized spacial score (nSPS) is 12.8. The van der Waals surface area contributed by atoms with Crippen LogP contribution in [0.25, 0.3) is 22.3 Å². The molecule has 21 heteroatoms. The zero-order chi connectivity index (χ0) is 47.4. The van der Waals surface area contributed by atoms with Crippen LogP contribution in [0.2, 0.25) is 0 Å². The summed E-state index contributed by atoms with van der Waals surface area (Å²) in [7, 11) is 0. The molecule has 0 saturated heterocycles. The van der Waals surface area contributed by atoms with Crippen molar-refractivity contribution in [3.63, 3.8) is 0 Å². The molecule has 2 aliphatic rings. The van der Waals surface area contributed by atoms with Gasteiger partial charge in [-0.25, -0.2) is 28.5 Å². The molecule has 2 fully saturated rings. The molecule has 7 aromatic rings. The van der Waals surface area contributed by atoms with Gasteiger partial charge in [-0.05, 0) is 121 Å². The lowest BCUT2D eigenvalue weighted by Gasteiger charge is -2.15. The van der Waals surface area contributed by atoms with E-state index in [2.05, 4.69) is 45.9 Å². The second kappa shape index (κ2) is 19.9. The highest BCUT2D eigenvalue weighted by atomic mass is 32.1. The van der Waals surface area contributed by atoms with Crippen LogP contribution in [0.4, 0.5) is 24.2 Å². The summed E-state index contributed by atoms with van der Waals surface area (Å²) in [5.41, 5.74) is 2.47. The summed E-state index contributed by atoms with van der Waals surface area (Å²) in [4.78, 5) is 87.6. The van der Waals surface area contributed by atoms with Crippen LogP contribution in [0.5, 0.6) is 0 Å². The van der Waals surface area contributed by atoms with Gasteiger partial charge in [0.05, 0.1) is 5.56 Å². The Bertz CT molecular complexity index is 3050. The van der Waals surface area contributed by atoms with E-state index in [4.69, 9.17) is 0 Å². The van der Waals surface area contributed by atoms with Crippen LogP contribution in [0.3, 0.4) is 0 Å². The van der Waals surface area contributed by atoms with E-state index in [1.807, 2.05) is 0 Å². The van der Waals surface area contributed by atoms with Gasteiger partial charge >= 0.3 is 5.97 Å². The van der Waals surface area contributed by atoms with Crippen molar-refractivity contribution in [3.8, 4) is 22.3 Å². The smallest absolute Gasteiger partial charge is 0.335 e. The number of carbonyl (C=O) groups excluding carboxylic acids is 5. The number of hydrogen-bond acceptors (Lipinski definition) is 13. The van der Waals surface area contributed by atoms with E-state index in [0.29, 0.717) is 37.6 Å². The van der Waals surface area contributed by atoms with Crippen molar-refractivity contribution in [1.29, 1.82) is 0 Å². The molecule has 16 nitrogen and oxygen atoms in total. The van der Waals surface area contributed by atoms with Crippen LogP contribution in [0, 0.1) is 25.5 Å². The van der Waals surface area contributed by atoms with E-state index in [1.165, 1.54) is 77.7 Å². The topological polar surface area (TPSA) is 234 Å². The lowest BCUT2D eigenvalue weighted by atomic mass is 9.92. The van der Waals surface area contributed by atoms with Crippen LogP contribution < -0.4 is 26.6 Å². The fourth-order valence-corrected chi connectivity index (χ4v) is 8.15. The van der Waals surface area contributed by atoms with Crippen molar-refractivity contribution in [2.75, 3.05) is 16.0 Å². The van der Waals surface area contributed by atoms with Crippen molar-refractivity contribution in [2.24, 2.45) is 0 Å². The standard InChI is InChI=1S/C24H19FN6O3S2.C22H18FN3O4S/c1-12-17(9-14(10-19(12)25)21(33)29-15-3-4-15)16-5-2-13(20(32)30-24-27-11-28-36-24)8-18(16)22(34)31-23-26-6-7-35-23;1-11-16(9-13(10-18(11)23)19(27)25-14-3-4-14)15-5-2-12(21(29)30)8-17(15)20(28)26-22-24-6-7-31-22/h2,5-11,15H,3-4H2,1H3,(H,29,33)(H,26,31,34)(H,27,28,30,32);2,5-10,14H,3-4H2,1H3,(H,25,27)(H,29,30)(H,24,26,28). The SMILES string of the molecule is Cc1c(F)cc(C(=O)NC2CC2)cc1-c1ccc(C(=O)Nc2ncns2)cc1C(=O)Nc1nccs1.Cc1c(F)cc(C(=O)NC2CC2)cc1-c1ccc(C(=O)O)cc1C(=O)Nc1nccs1. The molecule has 0 atom stereocenters. The van der Waals surface area contributed by atoms with Gasteiger partial charge in [0.25, 0.3) is 29.5 Å². The van der Waals surface area contributed by atoms with Crippen molar-refractivity contribution < 1.29 is 42.7 Å². The van der Waals surface area contributed by atoms with Gasteiger partial charge in [-0.3, -0.25) is 39.9 Å². The van der Waals surface area contributed by atoms with Crippen LogP contribution in [-0.4, -0.2) is 72.0 Å². The van der Waals surface area contributed by atoms with Crippen molar-refractivity contribution >= 4 is 85.1 Å². The average molecular weight is 962 g/mol. The number of thiazole rings is 2. The Hall–Kier alpha value is -7.62. The highest BCUT2D eigenvalue weighted by molar-refractivity contribution is 7.14. The second-order valence-electron chi connectivity index (χ2n) is 15.4. The van der Waals surface area contributed by atoms with Crippen molar-refractivity contribution in [2.45, 2.75) is 51.6 Å². The molecule has 0 radical (unpaired) electrons. The highest BCUT2D eigenvalue weighted by Gasteiger charge is 2.28. The van der Waals surface area contributed by atoms with E-state index in [0.717, 1.165) is 43.3 Å². The van der Waals surface area contributed by atoms with Gasteiger partial charge in [0.1, 0.15) is 18.0 Å². The average Bonchev–Trinajstić information content (AvgIpc) is 4.08. The number of halogens is 2. The van der Waals surface area contributed by atoms with Crippen LogP contribution in [0.15, 0.2) is 90.1 Å². The first-order chi connectivity index (χ1) is 32.2. The Balaban J connectivity index is 0.000000184. The second-order valence-corrected chi connectivity index (χ2v) is 17.9. The number of aromatic carboxylic acids is 1. The summed E-state index contributed by atoms with van der Waals surface area (Å²) in [5, 5.41) is 27.4. The van der Waals surface area contributed by atoms with Gasteiger partial charge in [0.15, 0.2) is 10.3 Å². The number of carbonyl (C=O) groups is 6. The zero-order valence-electron chi connectivity index (χ0n) is 35.3. The van der Waals surface area contributed by atoms with Gasteiger partial charge in [-0.2, -0.15) is 4.37 Å². The van der Waals surface area contributed by atoms with Gasteiger partial charge in [0.2, 0.25) is 5.13 Å². The molecule has 4 aromatic carbocycles. The molecule has 6 N–H and O–H groups in total. The number of carboxylic acid groups (broad SMARTS) is 1. The Morgan fingerprint density at radius 2 is 1.01 bits per heavy atom. The molecule has 0 spiro atoms. The number of rotatable bonds is 13. The Kier molecular flexibility index (Phi) is 13.6. The maximum atomic E-state index is 14.9. The Morgan fingerprint density at radius 3 is 1.43 bits per heavy atom. The number of amides is 5. The zero-order valence-corrected chi connectivity index (χ0v) is 37.8. The third-order valence-electron chi connectivity index (χ3n) is 10.5. The number of anilines is 3. The minimum Gasteiger partial charge on any atom is -0.478 e. The molecule has 0 bridgehead atoms. The summed E-state index contributed by atoms with van der Waals surface area (Å²) >= 11 is 3.46. The van der Waals surface area contributed by atoms with E-state index < -0.39 is 41.2 Å². The predicted molar refractivity (Wildman–Crippen MR) is 249 cm³/mol. The fourth-order valence-electron chi connectivity index (χ4n) is 6.68. The monoisotopic (exact) mass is 961 g/mol. The molecule has 0 aliphatic heterocycles. The maximum Gasteiger partial charge on any atom is 0.335 e. The minimum atomic E-state index is -1.20. The Morgan fingerprint density at radius 1 is 0.552 bits per heavy atom. The Labute approximate surface area is 392 Å². The van der Waals surface area contributed by atoms with E-state index in [1.54, 1.807) is 42.9 Å². The van der Waals surface area contributed by atoms with Gasteiger partial charge < -0.3 is 15.7 Å². The molecule has 9 rings (SSSR count). The summed E-state index contributed by atoms with van der Waals surface area (Å²) in [5.74, 6) is -4.72. The number of carboxylic acids is 1. The van der Waals surface area contributed by atoms with E-state index in [9.17, 15) is 42.7 Å². The highest BCUT2D eigenvalue weighted by Crippen LogP contribution is 2.34. The molecule has 340 valence electrons. The lowest BCUT2D eigenvalue weighted by Crippen LogP contribution is -2.25. The van der Waals surface area contributed by atoms with Gasteiger partial charge in [-0.15, -0.1) is 22.7 Å². The summed E-state index contributed by atoms with van der Waals surface area (Å²) in [6.07, 6.45) is 7.98. The first-order valence-electron chi connectivity index (χ1n) is 20.5. The number of aromatic nitrogens is 4. The first kappa shape index (κ1) is 45.9. The lowest BCUT2D eigenvalue weighted by molar-refractivity contribution is 0.0695. The molecule has 3 aromatic heterocycles. The molecule has 67 heavy (non-hydrogen) atoms. The summed E-state index contributed by atoms with van der Waals surface area (Å²) < 4.78 is 33.5. The molecular weight excluding hydrogens is 925 g/mol. The van der Waals surface area contributed by atoms with Gasteiger partial charge in [-0.1, -0.05) is 12.1 Å². The summed E-state index contributed by atoms with van der Waals surface area (Å²) in [6, 6.07) is 14.2. The molecule has 2 aliphatic carbocycles. The predicted octanol–water partition coefficient (Wildman–Crippen LogP) is 8.61. The third kappa shape index (κ3) is 11.1. The van der Waals surface area contributed by atoms with Crippen LogP contribution >= 0.6 is 34.2 Å². The third-order valence-corrected chi connectivity index (χ3v) is 12.5. The summed E-state index contributed by atoms with van der Waals surface area (Å²) in [6.45, 7) is 3.12. The van der Waals surface area contributed by atoms with Crippen LogP contribution in [0.1, 0.15) is 99.0 Å². The minimum absolute atomic E-state index is 0.0392. The number of nitrogens with one attached hydrogen (secondary N) is 5. The number of nitrogens with zero attached hydrogens (tertiary/aromatic N) is 4. The van der Waals surface area contributed by atoms with Crippen LogP contribution in [-0.2, 0) is 0 Å². The fraction of sp³-hybridized carbons (Fsp3) is 0.174. The molecule has 0 unspecified atom stereocenters. The van der Waals surface area contributed by atoms with Crippen molar-refractivity contribution in [3.05, 3.63) is 146 Å². The van der Waals surface area contributed by atoms with Crippen molar-refractivity contribution in [1.82, 2.24) is 30.0 Å². The maximum absolute atomic E-state index is 14.9. The largest absolute Gasteiger partial charge is 0.478 e. The van der Waals surface area contributed by atoms with E-state index >= 15 is 0 Å².